The van der Waals surface area contributed by atoms with E-state index in [2.05, 4.69) is 4.98 Å². The Morgan fingerprint density at radius 2 is 1.77 bits per heavy atom. The second-order valence-electron chi connectivity index (χ2n) is 9.99. The second-order valence-corrected chi connectivity index (χ2v) is 11.0. The molecule has 0 spiro atoms. The summed E-state index contributed by atoms with van der Waals surface area (Å²) < 4.78 is 16.4. The van der Waals surface area contributed by atoms with Crippen molar-refractivity contribution >= 4 is 39.9 Å². The molecular formula is C33H30N2O8S. The molecule has 0 saturated carbocycles. The van der Waals surface area contributed by atoms with Crippen LogP contribution in [0.3, 0.4) is 0 Å². The minimum Gasteiger partial charge on any atom is -0.507 e. The molecule has 1 saturated heterocycles. The largest absolute Gasteiger partial charge is 0.507 e. The number of aryl methyl sites for hydroxylation is 2. The average molecular weight is 615 g/mol. The SMILES string of the molecule is CCOC(=O)c1sc(N2C(=O)C(=O)/C(=C(\O)c3ccc(OCc4ccccc4)c(C)c3)C2c2ccc(O)c(OC)c2)nc1C. The number of anilines is 1. The lowest BCUT2D eigenvalue weighted by atomic mass is 9.94. The summed E-state index contributed by atoms with van der Waals surface area (Å²) in [6.45, 7) is 5.59. The van der Waals surface area contributed by atoms with Crippen LogP contribution in [0.2, 0.25) is 0 Å². The highest BCUT2D eigenvalue weighted by atomic mass is 32.1. The number of ether oxygens (including phenoxy) is 3. The Bertz CT molecular complexity index is 1780. The highest BCUT2D eigenvalue weighted by Crippen LogP contribution is 2.45. The second kappa shape index (κ2) is 12.6. The number of carbonyl (C=O) groups excluding carboxylic acids is 3. The van der Waals surface area contributed by atoms with Crippen LogP contribution in [0.5, 0.6) is 17.2 Å². The molecule has 5 rings (SSSR count). The van der Waals surface area contributed by atoms with Crippen LogP contribution >= 0.6 is 11.3 Å². The minimum absolute atomic E-state index is 0.0737. The lowest BCUT2D eigenvalue weighted by molar-refractivity contribution is -0.132. The van der Waals surface area contributed by atoms with E-state index in [4.69, 9.17) is 14.2 Å². The molecule has 1 amide bonds. The van der Waals surface area contributed by atoms with Gasteiger partial charge in [-0.05, 0) is 67.8 Å². The van der Waals surface area contributed by atoms with Gasteiger partial charge in [0.15, 0.2) is 16.6 Å². The summed E-state index contributed by atoms with van der Waals surface area (Å²) in [5, 5.41) is 21.9. The van der Waals surface area contributed by atoms with Crippen LogP contribution in [0, 0.1) is 13.8 Å². The molecule has 44 heavy (non-hydrogen) atoms. The Balaban J connectivity index is 1.60. The minimum atomic E-state index is -1.15. The number of aliphatic hydroxyl groups is 1. The zero-order chi connectivity index (χ0) is 31.5. The molecule has 1 atom stereocenters. The number of hydrogen-bond acceptors (Lipinski definition) is 10. The number of benzene rings is 3. The fourth-order valence-corrected chi connectivity index (χ4v) is 5.92. The van der Waals surface area contributed by atoms with Gasteiger partial charge < -0.3 is 24.4 Å². The number of nitrogens with zero attached hydrogens (tertiary/aromatic N) is 2. The van der Waals surface area contributed by atoms with Crippen LogP contribution in [-0.4, -0.2) is 46.6 Å². The number of methoxy groups -OCH3 is 1. The van der Waals surface area contributed by atoms with E-state index in [0.29, 0.717) is 34.7 Å². The third-order valence-corrected chi connectivity index (χ3v) is 8.24. The van der Waals surface area contributed by atoms with Gasteiger partial charge in [-0.1, -0.05) is 47.7 Å². The number of thiazole rings is 1. The van der Waals surface area contributed by atoms with Crippen molar-refractivity contribution in [3.05, 3.63) is 105 Å². The Kier molecular flexibility index (Phi) is 8.68. The van der Waals surface area contributed by atoms with Crippen molar-refractivity contribution in [2.24, 2.45) is 0 Å². The molecule has 0 bridgehead atoms. The summed E-state index contributed by atoms with van der Waals surface area (Å²) in [4.78, 5) is 45.5. The predicted octanol–water partition coefficient (Wildman–Crippen LogP) is 5.86. The third kappa shape index (κ3) is 5.73. The number of aliphatic hydroxyl groups excluding tert-OH is 1. The van der Waals surface area contributed by atoms with E-state index in [1.165, 1.54) is 25.3 Å². The first kappa shape index (κ1) is 30.3. The number of Topliss-reactive ketones (excluding diaryl/α,β-unsaturated/α-hetero) is 1. The number of ketones is 1. The molecule has 1 aromatic heterocycles. The van der Waals surface area contributed by atoms with Gasteiger partial charge in [0.25, 0.3) is 5.78 Å². The van der Waals surface area contributed by atoms with Crippen LogP contribution in [-0.2, 0) is 20.9 Å². The smallest absolute Gasteiger partial charge is 0.350 e. The first-order valence-corrected chi connectivity index (χ1v) is 14.6. The molecule has 226 valence electrons. The molecule has 2 N–H and O–H groups in total. The quantitative estimate of drug-likeness (QED) is 0.103. The summed E-state index contributed by atoms with van der Waals surface area (Å²) in [6, 6.07) is 17.9. The van der Waals surface area contributed by atoms with Crippen LogP contribution in [0.4, 0.5) is 5.13 Å². The van der Waals surface area contributed by atoms with E-state index < -0.39 is 29.5 Å². The van der Waals surface area contributed by atoms with Crippen molar-refractivity contribution in [3.63, 3.8) is 0 Å². The monoisotopic (exact) mass is 614 g/mol. The van der Waals surface area contributed by atoms with Crippen LogP contribution < -0.4 is 14.4 Å². The van der Waals surface area contributed by atoms with E-state index in [1.54, 1.807) is 32.0 Å². The molecule has 10 nitrogen and oxygen atoms in total. The molecule has 1 aliphatic rings. The Hall–Kier alpha value is -5.16. The lowest BCUT2D eigenvalue weighted by Crippen LogP contribution is -2.29. The number of aromatic hydroxyl groups is 1. The Morgan fingerprint density at radius 3 is 2.45 bits per heavy atom. The standard InChI is InChI=1S/C33H30N2O8S/c1-5-42-32(40)30-19(3)34-33(44-30)35-27(21-11-13-23(36)25(16-21)41-4)26(29(38)31(35)39)28(37)22-12-14-24(18(2)15-22)43-17-20-9-7-6-8-10-20/h6-16,27,36-37H,5,17H2,1-4H3/b28-26-. The van der Waals surface area contributed by atoms with Gasteiger partial charge in [-0.15, -0.1) is 0 Å². The van der Waals surface area contributed by atoms with Crippen molar-refractivity contribution in [2.45, 2.75) is 33.4 Å². The number of phenolic OH excluding ortho intramolecular Hbond substituents is 1. The van der Waals surface area contributed by atoms with Crippen LogP contribution in [0.1, 0.15) is 50.6 Å². The molecular weight excluding hydrogens is 584 g/mol. The Morgan fingerprint density at radius 1 is 1.02 bits per heavy atom. The summed E-state index contributed by atoms with van der Waals surface area (Å²) in [5.41, 5.74) is 2.50. The summed E-state index contributed by atoms with van der Waals surface area (Å²) in [6.07, 6.45) is 0. The van der Waals surface area contributed by atoms with Gasteiger partial charge in [-0.3, -0.25) is 14.5 Å². The highest BCUT2D eigenvalue weighted by Gasteiger charge is 2.48. The van der Waals surface area contributed by atoms with E-state index in [1.807, 2.05) is 37.3 Å². The van der Waals surface area contributed by atoms with Crippen LogP contribution in [0.25, 0.3) is 5.76 Å². The summed E-state index contributed by atoms with van der Waals surface area (Å²) in [7, 11) is 1.37. The zero-order valence-electron chi connectivity index (χ0n) is 24.5. The van der Waals surface area contributed by atoms with E-state index in [9.17, 15) is 24.6 Å². The van der Waals surface area contributed by atoms with Crippen molar-refractivity contribution in [1.82, 2.24) is 4.98 Å². The number of aromatic nitrogens is 1. The number of carbonyl (C=O) groups is 3. The average Bonchev–Trinajstić information content (AvgIpc) is 3.53. The zero-order valence-corrected chi connectivity index (χ0v) is 25.3. The molecule has 1 aliphatic heterocycles. The molecule has 11 heteroatoms. The summed E-state index contributed by atoms with van der Waals surface area (Å²) >= 11 is 0.906. The fraction of sp³-hybridized carbons (Fsp3) is 0.212. The van der Waals surface area contributed by atoms with E-state index in [-0.39, 0.29) is 33.7 Å². The lowest BCUT2D eigenvalue weighted by Gasteiger charge is -2.23. The van der Waals surface area contributed by atoms with Gasteiger partial charge >= 0.3 is 11.9 Å². The van der Waals surface area contributed by atoms with Gasteiger partial charge in [-0.25, -0.2) is 9.78 Å². The predicted molar refractivity (Wildman–Crippen MR) is 164 cm³/mol. The summed E-state index contributed by atoms with van der Waals surface area (Å²) in [5.74, 6) is -2.33. The number of hydrogen-bond donors (Lipinski definition) is 2. The van der Waals surface area contributed by atoms with Crippen molar-refractivity contribution in [2.75, 3.05) is 18.6 Å². The first-order chi connectivity index (χ1) is 21.1. The fourth-order valence-electron chi connectivity index (χ4n) is 4.93. The molecule has 1 unspecified atom stereocenters. The number of phenols is 1. The topological polar surface area (TPSA) is 135 Å². The van der Waals surface area contributed by atoms with E-state index >= 15 is 0 Å². The molecule has 0 radical (unpaired) electrons. The molecule has 0 aliphatic carbocycles. The van der Waals surface area contributed by atoms with Gasteiger partial charge in [0, 0.05) is 5.56 Å². The van der Waals surface area contributed by atoms with Crippen molar-refractivity contribution in [1.29, 1.82) is 0 Å². The van der Waals surface area contributed by atoms with Crippen molar-refractivity contribution in [3.8, 4) is 17.2 Å². The number of rotatable bonds is 9. The third-order valence-electron chi connectivity index (χ3n) is 7.10. The molecule has 4 aromatic rings. The maximum atomic E-state index is 13.6. The maximum Gasteiger partial charge on any atom is 0.350 e. The Labute approximate surface area is 257 Å². The molecule has 1 fully saturated rings. The normalized spacial score (nSPS) is 15.8. The number of amides is 1. The number of esters is 1. The van der Waals surface area contributed by atoms with E-state index in [0.717, 1.165) is 21.8 Å². The maximum absolute atomic E-state index is 13.6. The highest BCUT2D eigenvalue weighted by molar-refractivity contribution is 7.17. The van der Waals surface area contributed by atoms with Crippen LogP contribution in [0.15, 0.2) is 72.3 Å². The van der Waals surface area contributed by atoms with Gasteiger partial charge in [0.05, 0.1) is 31.0 Å². The van der Waals surface area contributed by atoms with Gasteiger partial charge in [-0.2, -0.15) is 0 Å². The van der Waals surface area contributed by atoms with Gasteiger partial charge in [0.1, 0.15) is 23.0 Å². The van der Waals surface area contributed by atoms with Gasteiger partial charge in [0.2, 0.25) is 0 Å². The first-order valence-electron chi connectivity index (χ1n) is 13.7. The molecule has 2 heterocycles. The molecule has 3 aromatic carbocycles. The van der Waals surface area contributed by atoms with Crippen molar-refractivity contribution < 1.29 is 38.8 Å².